The predicted octanol–water partition coefficient (Wildman–Crippen LogP) is 1.96. The van der Waals surface area contributed by atoms with Gasteiger partial charge in [0.15, 0.2) is 0 Å². The molecular formula is C11H18N2O2S. The van der Waals surface area contributed by atoms with Gasteiger partial charge < -0.3 is 4.74 Å². The number of esters is 1. The summed E-state index contributed by atoms with van der Waals surface area (Å²) in [5.41, 5.74) is 1.79. The third kappa shape index (κ3) is 4.28. The molecule has 0 saturated carbocycles. The van der Waals surface area contributed by atoms with E-state index < -0.39 is 0 Å². The Bertz CT molecular complexity index is 301. The number of thiazole rings is 1. The minimum Gasteiger partial charge on any atom is -0.465 e. The lowest BCUT2D eigenvalue weighted by Crippen LogP contribution is -2.37. The Hall–Kier alpha value is -0.940. The van der Waals surface area contributed by atoms with Gasteiger partial charge in [-0.25, -0.2) is 0 Å². The van der Waals surface area contributed by atoms with E-state index in [1.165, 1.54) is 0 Å². The van der Waals surface area contributed by atoms with E-state index in [0.717, 1.165) is 17.7 Å². The summed E-state index contributed by atoms with van der Waals surface area (Å²) in [4.78, 5) is 16.7. The molecule has 0 aliphatic rings. The fourth-order valence-corrected chi connectivity index (χ4v) is 1.93. The Kier molecular flexibility index (Phi) is 6.03. The maximum atomic E-state index is 11.6. The molecule has 1 rings (SSSR count). The Morgan fingerprint density at radius 2 is 2.44 bits per heavy atom. The first-order chi connectivity index (χ1) is 7.77. The molecular weight excluding hydrogens is 224 g/mol. The molecule has 1 unspecified atom stereocenters. The third-order valence-corrected chi connectivity index (χ3v) is 2.93. The van der Waals surface area contributed by atoms with Crippen molar-refractivity contribution in [1.29, 1.82) is 0 Å². The van der Waals surface area contributed by atoms with Crippen LogP contribution in [-0.4, -0.2) is 23.6 Å². The number of aromatic nitrogens is 1. The summed E-state index contributed by atoms with van der Waals surface area (Å²) in [5.74, 6) is -0.158. The average Bonchev–Trinajstić information content (AvgIpc) is 2.77. The molecule has 5 heteroatoms. The van der Waals surface area contributed by atoms with Gasteiger partial charge in [0.25, 0.3) is 0 Å². The van der Waals surface area contributed by atoms with Gasteiger partial charge in [-0.3, -0.25) is 15.1 Å². The van der Waals surface area contributed by atoms with Crippen molar-refractivity contribution in [2.24, 2.45) is 0 Å². The van der Waals surface area contributed by atoms with E-state index in [1.807, 2.05) is 13.1 Å². The van der Waals surface area contributed by atoms with E-state index in [4.69, 9.17) is 4.74 Å². The highest BCUT2D eigenvalue weighted by atomic mass is 32.1. The first-order valence-electron chi connectivity index (χ1n) is 5.55. The third-order valence-electron chi connectivity index (χ3n) is 2.15. The smallest absolute Gasteiger partial charge is 0.323 e. The zero-order valence-corrected chi connectivity index (χ0v) is 10.5. The van der Waals surface area contributed by atoms with Crippen LogP contribution < -0.4 is 5.32 Å². The maximum absolute atomic E-state index is 11.6. The lowest BCUT2D eigenvalue weighted by molar-refractivity contribution is -0.145. The van der Waals surface area contributed by atoms with Gasteiger partial charge in [0, 0.05) is 17.6 Å². The van der Waals surface area contributed by atoms with Gasteiger partial charge in [-0.15, -0.1) is 11.3 Å². The SMILES string of the molecule is CCCC(NCc1cncs1)C(=O)OCC. The van der Waals surface area contributed by atoms with E-state index in [2.05, 4.69) is 17.2 Å². The number of nitrogens with zero attached hydrogens (tertiary/aromatic N) is 1. The molecule has 4 nitrogen and oxygen atoms in total. The van der Waals surface area contributed by atoms with Crippen LogP contribution in [0.2, 0.25) is 0 Å². The number of carbonyl (C=O) groups is 1. The summed E-state index contributed by atoms with van der Waals surface area (Å²) in [7, 11) is 0. The normalized spacial score (nSPS) is 12.4. The highest BCUT2D eigenvalue weighted by molar-refractivity contribution is 7.09. The molecule has 1 heterocycles. The highest BCUT2D eigenvalue weighted by Crippen LogP contribution is 2.07. The van der Waals surface area contributed by atoms with Crippen molar-refractivity contribution in [3.05, 3.63) is 16.6 Å². The molecule has 0 spiro atoms. The lowest BCUT2D eigenvalue weighted by Gasteiger charge is -2.15. The predicted molar refractivity (Wildman–Crippen MR) is 64.3 cm³/mol. The molecule has 1 N–H and O–H groups in total. The number of ether oxygens (including phenoxy) is 1. The molecule has 0 saturated heterocycles. The van der Waals surface area contributed by atoms with Crippen LogP contribution in [0.3, 0.4) is 0 Å². The van der Waals surface area contributed by atoms with Gasteiger partial charge in [-0.1, -0.05) is 13.3 Å². The highest BCUT2D eigenvalue weighted by Gasteiger charge is 2.17. The second-order valence-corrected chi connectivity index (χ2v) is 4.41. The molecule has 16 heavy (non-hydrogen) atoms. The topological polar surface area (TPSA) is 51.2 Å². The van der Waals surface area contributed by atoms with Crippen LogP contribution in [0.4, 0.5) is 0 Å². The van der Waals surface area contributed by atoms with Gasteiger partial charge in [-0.2, -0.15) is 0 Å². The Morgan fingerprint density at radius 1 is 1.62 bits per heavy atom. The second-order valence-electron chi connectivity index (χ2n) is 3.44. The van der Waals surface area contributed by atoms with Gasteiger partial charge in [0.1, 0.15) is 6.04 Å². The Morgan fingerprint density at radius 3 is 3.00 bits per heavy atom. The molecule has 0 radical (unpaired) electrons. The van der Waals surface area contributed by atoms with Crippen molar-refractivity contribution in [2.75, 3.05) is 6.61 Å². The molecule has 0 fully saturated rings. The molecule has 0 aliphatic carbocycles. The summed E-state index contributed by atoms with van der Waals surface area (Å²) in [6.07, 6.45) is 3.57. The van der Waals surface area contributed by atoms with Crippen LogP contribution in [0.15, 0.2) is 11.7 Å². The van der Waals surface area contributed by atoms with Crippen LogP contribution in [0.5, 0.6) is 0 Å². The summed E-state index contributed by atoms with van der Waals surface area (Å²) in [6.45, 7) is 4.99. The molecule has 1 aromatic heterocycles. The number of hydrogen-bond donors (Lipinski definition) is 1. The van der Waals surface area contributed by atoms with Gasteiger partial charge in [0.05, 0.1) is 12.1 Å². The Balaban J connectivity index is 2.41. The number of hydrogen-bond acceptors (Lipinski definition) is 5. The summed E-state index contributed by atoms with van der Waals surface area (Å²) >= 11 is 1.58. The molecule has 0 amide bonds. The number of nitrogens with one attached hydrogen (secondary N) is 1. The van der Waals surface area contributed by atoms with E-state index in [0.29, 0.717) is 13.2 Å². The van der Waals surface area contributed by atoms with Crippen LogP contribution in [0.1, 0.15) is 31.6 Å². The largest absolute Gasteiger partial charge is 0.465 e. The van der Waals surface area contributed by atoms with Crippen LogP contribution in [-0.2, 0) is 16.1 Å². The molecule has 0 aliphatic heterocycles. The number of carbonyl (C=O) groups excluding carboxylic acids is 1. The van der Waals surface area contributed by atoms with Crippen molar-refractivity contribution in [1.82, 2.24) is 10.3 Å². The summed E-state index contributed by atoms with van der Waals surface area (Å²) < 4.78 is 5.01. The standard InChI is InChI=1S/C11H18N2O2S/c1-3-5-10(11(14)15-4-2)13-7-9-6-12-8-16-9/h6,8,10,13H,3-5,7H2,1-2H3. The van der Waals surface area contributed by atoms with Crippen LogP contribution >= 0.6 is 11.3 Å². The molecule has 0 aromatic carbocycles. The van der Waals surface area contributed by atoms with Gasteiger partial charge >= 0.3 is 5.97 Å². The van der Waals surface area contributed by atoms with Gasteiger partial charge in [0.2, 0.25) is 0 Å². The fraction of sp³-hybridized carbons (Fsp3) is 0.636. The molecule has 0 bridgehead atoms. The first-order valence-corrected chi connectivity index (χ1v) is 6.43. The van der Waals surface area contributed by atoms with Crippen LogP contribution in [0, 0.1) is 0 Å². The number of rotatable bonds is 7. The zero-order valence-electron chi connectivity index (χ0n) is 9.73. The van der Waals surface area contributed by atoms with Crippen molar-refractivity contribution in [3.8, 4) is 0 Å². The molecule has 1 aromatic rings. The van der Waals surface area contributed by atoms with Crippen molar-refractivity contribution in [2.45, 2.75) is 39.3 Å². The fourth-order valence-electron chi connectivity index (χ4n) is 1.39. The lowest BCUT2D eigenvalue weighted by atomic mass is 10.1. The van der Waals surface area contributed by atoms with Crippen LogP contribution in [0.25, 0.3) is 0 Å². The molecule has 1 atom stereocenters. The quantitative estimate of drug-likeness (QED) is 0.743. The average molecular weight is 242 g/mol. The summed E-state index contributed by atoms with van der Waals surface area (Å²) in [5, 5.41) is 3.20. The first kappa shape index (κ1) is 13.1. The second kappa shape index (κ2) is 7.35. The van der Waals surface area contributed by atoms with Crippen molar-refractivity contribution < 1.29 is 9.53 Å². The Labute approximate surface area is 100 Å². The maximum Gasteiger partial charge on any atom is 0.323 e. The van der Waals surface area contributed by atoms with E-state index in [9.17, 15) is 4.79 Å². The molecule has 90 valence electrons. The van der Waals surface area contributed by atoms with Gasteiger partial charge in [-0.05, 0) is 13.3 Å². The minimum atomic E-state index is -0.202. The minimum absolute atomic E-state index is 0.158. The summed E-state index contributed by atoms with van der Waals surface area (Å²) in [6, 6.07) is -0.202. The van der Waals surface area contributed by atoms with Crippen molar-refractivity contribution >= 4 is 17.3 Å². The van der Waals surface area contributed by atoms with E-state index in [-0.39, 0.29) is 12.0 Å². The van der Waals surface area contributed by atoms with E-state index in [1.54, 1.807) is 16.8 Å². The monoisotopic (exact) mass is 242 g/mol. The zero-order chi connectivity index (χ0) is 11.8. The van der Waals surface area contributed by atoms with E-state index >= 15 is 0 Å². The van der Waals surface area contributed by atoms with Crippen molar-refractivity contribution in [3.63, 3.8) is 0 Å².